The van der Waals surface area contributed by atoms with Crippen LogP contribution in [0.5, 0.6) is 0 Å². The number of amides is 2. The molecule has 0 saturated carbocycles. The lowest BCUT2D eigenvalue weighted by molar-refractivity contribution is -0.171. The first kappa shape index (κ1) is 19.4. The van der Waals surface area contributed by atoms with Crippen molar-refractivity contribution in [1.29, 1.82) is 0 Å². The van der Waals surface area contributed by atoms with Crippen molar-refractivity contribution in [2.45, 2.75) is 51.7 Å². The van der Waals surface area contributed by atoms with E-state index in [2.05, 4.69) is 6.58 Å². The third-order valence-corrected chi connectivity index (χ3v) is 5.30. The van der Waals surface area contributed by atoms with Crippen molar-refractivity contribution in [1.82, 2.24) is 9.80 Å². The van der Waals surface area contributed by atoms with Crippen molar-refractivity contribution in [3.05, 3.63) is 24.3 Å². The maximum absolute atomic E-state index is 13.1. The van der Waals surface area contributed by atoms with E-state index >= 15 is 0 Å². The fourth-order valence-electron chi connectivity index (χ4n) is 4.53. The maximum atomic E-state index is 13.1. The van der Waals surface area contributed by atoms with Crippen LogP contribution in [0.15, 0.2) is 24.3 Å². The van der Waals surface area contributed by atoms with Crippen molar-refractivity contribution in [2.75, 3.05) is 19.7 Å². The van der Waals surface area contributed by atoms with E-state index in [1.807, 2.05) is 26.8 Å². The molecule has 3 rings (SSSR count). The molecule has 0 unspecified atom stereocenters. The van der Waals surface area contributed by atoms with Crippen LogP contribution in [-0.2, 0) is 23.8 Å². The van der Waals surface area contributed by atoms with Crippen LogP contribution in [0.3, 0.4) is 0 Å². The summed E-state index contributed by atoms with van der Waals surface area (Å²) in [5, 5.41) is 0. The number of hydrogen-bond acceptors (Lipinski definition) is 6. The Hall–Kier alpha value is -2.35. The minimum atomic E-state index is -0.862. The molecule has 3 aliphatic heterocycles. The molecular formula is C19H26N2O6. The zero-order chi connectivity index (χ0) is 19.9. The van der Waals surface area contributed by atoms with Crippen LogP contribution in [0.2, 0.25) is 0 Å². The molecule has 8 heteroatoms. The van der Waals surface area contributed by atoms with E-state index in [0.717, 1.165) is 5.57 Å². The number of carbonyl (C=O) groups is 3. The first-order chi connectivity index (χ1) is 12.7. The van der Waals surface area contributed by atoms with E-state index in [1.165, 1.54) is 17.9 Å². The Balaban J connectivity index is 1.99. The molecule has 0 aromatic rings. The molecule has 0 N–H and O–H groups in total. The molecule has 0 aromatic heterocycles. The van der Waals surface area contributed by atoms with Crippen LogP contribution >= 0.6 is 0 Å². The van der Waals surface area contributed by atoms with E-state index in [0.29, 0.717) is 13.1 Å². The zero-order valence-corrected chi connectivity index (χ0v) is 16.1. The number of rotatable bonds is 4. The van der Waals surface area contributed by atoms with Crippen LogP contribution < -0.4 is 0 Å². The molecule has 148 valence electrons. The molecule has 0 aromatic carbocycles. The molecule has 5 atom stereocenters. The summed E-state index contributed by atoms with van der Waals surface area (Å²) in [5.74, 6) is -1.29. The fourth-order valence-corrected chi connectivity index (χ4v) is 4.53. The lowest BCUT2D eigenvalue weighted by Gasteiger charge is -2.42. The van der Waals surface area contributed by atoms with E-state index in [4.69, 9.17) is 14.2 Å². The van der Waals surface area contributed by atoms with Gasteiger partial charge in [0.1, 0.15) is 18.3 Å². The van der Waals surface area contributed by atoms with Gasteiger partial charge in [0.2, 0.25) is 12.1 Å². The van der Waals surface area contributed by atoms with Crippen LogP contribution in [0, 0.1) is 5.92 Å². The normalized spacial score (nSPS) is 34.7. The topological polar surface area (TPSA) is 85.4 Å². The summed E-state index contributed by atoms with van der Waals surface area (Å²) in [6.07, 6.45) is 1.48. The highest BCUT2D eigenvalue weighted by Crippen LogP contribution is 2.49. The number of nitrogens with zero attached hydrogens (tertiary/aromatic N) is 2. The highest BCUT2D eigenvalue weighted by Gasteiger charge is 2.66. The van der Waals surface area contributed by atoms with E-state index in [-0.39, 0.29) is 12.5 Å². The van der Waals surface area contributed by atoms with E-state index in [9.17, 15) is 14.4 Å². The van der Waals surface area contributed by atoms with Gasteiger partial charge >= 0.3 is 12.1 Å². The predicted molar refractivity (Wildman–Crippen MR) is 95.5 cm³/mol. The van der Waals surface area contributed by atoms with Gasteiger partial charge in [-0.1, -0.05) is 24.3 Å². The predicted octanol–water partition coefficient (Wildman–Crippen LogP) is 1.46. The molecule has 8 nitrogen and oxygen atoms in total. The third-order valence-electron chi connectivity index (χ3n) is 5.30. The minimum Gasteiger partial charge on any atom is -0.445 e. The lowest BCUT2D eigenvalue weighted by atomic mass is 9.82. The van der Waals surface area contributed by atoms with Gasteiger partial charge in [-0.2, -0.15) is 0 Å². The van der Waals surface area contributed by atoms with Gasteiger partial charge < -0.3 is 19.1 Å². The smallest absolute Gasteiger partial charge is 0.410 e. The Labute approximate surface area is 158 Å². The summed E-state index contributed by atoms with van der Waals surface area (Å²) in [6.45, 7) is 11.2. The van der Waals surface area contributed by atoms with Gasteiger partial charge in [0.15, 0.2) is 0 Å². The van der Waals surface area contributed by atoms with Crippen LogP contribution in [0.4, 0.5) is 4.79 Å². The van der Waals surface area contributed by atoms with E-state index < -0.39 is 42.0 Å². The summed E-state index contributed by atoms with van der Waals surface area (Å²) in [4.78, 5) is 40.4. The second-order valence-electron chi connectivity index (χ2n) is 7.35. The second-order valence-corrected chi connectivity index (χ2v) is 7.35. The van der Waals surface area contributed by atoms with Gasteiger partial charge in [0, 0.05) is 20.0 Å². The van der Waals surface area contributed by atoms with Crippen LogP contribution in [-0.4, -0.2) is 71.4 Å². The number of likely N-dealkylation sites (N-methyl/N-ethyl adjacent to an activating group) is 1. The van der Waals surface area contributed by atoms with Crippen LogP contribution in [0.25, 0.3) is 0 Å². The van der Waals surface area contributed by atoms with E-state index in [1.54, 1.807) is 4.90 Å². The summed E-state index contributed by atoms with van der Waals surface area (Å²) >= 11 is 0. The quantitative estimate of drug-likeness (QED) is 0.544. The van der Waals surface area contributed by atoms with Crippen molar-refractivity contribution in [2.24, 2.45) is 5.92 Å². The highest BCUT2D eigenvalue weighted by molar-refractivity contribution is 5.85. The number of carbonyl (C=O) groups excluding carboxylic acids is 3. The molecule has 0 aliphatic carbocycles. The number of likely N-dealkylation sites (tertiary alicyclic amines) is 1. The monoisotopic (exact) mass is 378 g/mol. The van der Waals surface area contributed by atoms with Crippen molar-refractivity contribution >= 4 is 18.0 Å². The molecule has 2 fully saturated rings. The molecular weight excluding hydrogens is 352 g/mol. The fraction of sp³-hybridized carbons (Fsp3) is 0.632. The molecule has 0 bridgehead atoms. The Morgan fingerprint density at radius 2 is 2.19 bits per heavy atom. The first-order valence-electron chi connectivity index (χ1n) is 9.11. The Morgan fingerprint density at radius 3 is 2.78 bits per heavy atom. The minimum absolute atomic E-state index is 0.0849. The first-order valence-corrected chi connectivity index (χ1v) is 9.11. The van der Waals surface area contributed by atoms with Crippen molar-refractivity contribution in [3.63, 3.8) is 0 Å². The lowest BCUT2D eigenvalue weighted by Crippen LogP contribution is -2.58. The maximum Gasteiger partial charge on any atom is 0.410 e. The van der Waals surface area contributed by atoms with Gasteiger partial charge in [-0.15, -0.1) is 0 Å². The highest BCUT2D eigenvalue weighted by atomic mass is 16.6. The number of esters is 1. The van der Waals surface area contributed by atoms with Crippen LogP contribution in [0.1, 0.15) is 27.7 Å². The van der Waals surface area contributed by atoms with Gasteiger partial charge in [0.25, 0.3) is 0 Å². The number of fused-ring (bicyclic) bond motifs is 3. The molecule has 27 heavy (non-hydrogen) atoms. The summed E-state index contributed by atoms with van der Waals surface area (Å²) < 4.78 is 16.9. The molecule has 0 spiro atoms. The summed E-state index contributed by atoms with van der Waals surface area (Å²) in [5.41, 5.74) is 0.0757. The van der Waals surface area contributed by atoms with Gasteiger partial charge in [-0.25, -0.2) is 4.79 Å². The Kier molecular flexibility index (Phi) is 5.03. The largest absolute Gasteiger partial charge is 0.445 e. The molecule has 3 heterocycles. The average molecular weight is 378 g/mol. The standard InChI is InChI=1S/C19H26N2O6/c1-6-8-25-18(24)21-10-11(3)9-19(5)15(21)13-14(27-19)17(26-12(4)22)20(7-2)16(13)23/h6,9,13-15,17H,1,7-8,10H2,2-5H3/t13-,14-,15-,17-,19-/m0/s1. The number of hydrogen-bond donors (Lipinski definition) is 0. The number of ether oxygens (including phenoxy) is 3. The second kappa shape index (κ2) is 6.99. The SMILES string of the molecule is C=CCOC(=O)N1CC(C)=C[C@]2(C)O[C@H]3[C@H](C(=O)N(CC)[C@H]3OC(C)=O)[C@H]12. The Bertz CT molecular complexity index is 704. The third kappa shape index (κ3) is 3.12. The molecule has 2 amide bonds. The Morgan fingerprint density at radius 1 is 1.48 bits per heavy atom. The van der Waals surface area contributed by atoms with Crippen molar-refractivity contribution in [3.8, 4) is 0 Å². The molecule has 0 radical (unpaired) electrons. The average Bonchev–Trinajstić information content (AvgIpc) is 3.02. The zero-order valence-electron chi connectivity index (χ0n) is 16.1. The summed E-state index contributed by atoms with van der Waals surface area (Å²) in [7, 11) is 0. The van der Waals surface area contributed by atoms with Crippen molar-refractivity contribution < 1.29 is 28.6 Å². The summed E-state index contributed by atoms with van der Waals surface area (Å²) in [6, 6.07) is -0.536. The van der Waals surface area contributed by atoms with Gasteiger partial charge in [-0.05, 0) is 20.8 Å². The van der Waals surface area contributed by atoms with Gasteiger partial charge in [0.05, 0.1) is 12.0 Å². The van der Waals surface area contributed by atoms with Gasteiger partial charge in [-0.3, -0.25) is 14.5 Å². The molecule has 3 aliphatic rings. The molecule has 2 saturated heterocycles.